The molecule has 0 spiro atoms. The molecule has 0 fully saturated rings. The molecule has 0 bridgehead atoms. The van der Waals surface area contributed by atoms with Gasteiger partial charge in [0.25, 0.3) is 0 Å². The lowest BCUT2D eigenvalue weighted by Gasteiger charge is -2.13. The van der Waals surface area contributed by atoms with Gasteiger partial charge in [-0.1, -0.05) is 18.2 Å². The number of hydrogen-bond acceptors (Lipinski definition) is 3. The number of benzene rings is 1. The van der Waals surface area contributed by atoms with Crippen molar-refractivity contribution in [2.75, 3.05) is 13.2 Å². The number of para-hydroxylation sites is 1. The molecule has 2 rings (SSSR count). The van der Waals surface area contributed by atoms with Gasteiger partial charge in [0.2, 0.25) is 5.91 Å². The predicted octanol–water partition coefficient (Wildman–Crippen LogP) is 0.195. The first kappa shape index (κ1) is 9.02. The number of carbonyl (C=O) groups excluding carboxylic acids is 1. The lowest BCUT2D eigenvalue weighted by molar-refractivity contribution is -0.120. The first-order valence-corrected chi connectivity index (χ1v) is 4.53. The van der Waals surface area contributed by atoms with Crippen molar-refractivity contribution in [3.8, 4) is 5.75 Å². The minimum Gasteiger partial charge on any atom is -0.492 e. The Bertz CT molecular complexity index is 352. The maximum Gasteiger partial charge on any atom is 0.239 e. The maximum atomic E-state index is 11.2. The molecule has 0 aliphatic carbocycles. The van der Waals surface area contributed by atoms with E-state index in [1.165, 1.54) is 0 Å². The van der Waals surface area contributed by atoms with Crippen molar-refractivity contribution in [3.63, 3.8) is 0 Å². The first-order valence-electron chi connectivity index (χ1n) is 4.53. The molecule has 1 heterocycles. The number of primary amides is 1. The van der Waals surface area contributed by atoms with Crippen LogP contribution in [0.15, 0.2) is 24.3 Å². The van der Waals surface area contributed by atoms with Crippen LogP contribution in [0.4, 0.5) is 0 Å². The first-order chi connectivity index (χ1) is 6.79. The van der Waals surface area contributed by atoms with E-state index < -0.39 is 6.04 Å². The van der Waals surface area contributed by atoms with Gasteiger partial charge in [0.05, 0.1) is 0 Å². The molecule has 3 N–H and O–H groups in total. The highest BCUT2D eigenvalue weighted by Gasteiger charge is 2.22. The van der Waals surface area contributed by atoms with Crippen LogP contribution in [0.25, 0.3) is 0 Å². The quantitative estimate of drug-likeness (QED) is 0.667. The third-order valence-corrected chi connectivity index (χ3v) is 2.22. The third kappa shape index (κ3) is 1.56. The fourth-order valence-electron chi connectivity index (χ4n) is 1.58. The summed E-state index contributed by atoms with van der Waals surface area (Å²) in [4.78, 5) is 11.2. The predicted molar refractivity (Wildman–Crippen MR) is 51.9 cm³/mol. The number of fused-ring (bicyclic) bond motifs is 1. The van der Waals surface area contributed by atoms with Crippen LogP contribution in [0, 0.1) is 0 Å². The van der Waals surface area contributed by atoms with Gasteiger partial charge in [-0.25, -0.2) is 0 Å². The lowest BCUT2D eigenvalue weighted by Crippen LogP contribution is -2.33. The number of nitrogens with two attached hydrogens (primary N) is 1. The van der Waals surface area contributed by atoms with Crippen LogP contribution in [0.3, 0.4) is 0 Å². The minimum atomic E-state index is -0.436. The molecular formula is C10H12N2O2. The van der Waals surface area contributed by atoms with Crippen LogP contribution in [-0.4, -0.2) is 19.1 Å². The Hall–Kier alpha value is -1.55. The van der Waals surface area contributed by atoms with Crippen LogP contribution in [0.1, 0.15) is 11.6 Å². The molecule has 0 saturated carbocycles. The molecule has 74 valence electrons. The van der Waals surface area contributed by atoms with E-state index in [1.54, 1.807) is 0 Å². The Kier molecular flexibility index (Phi) is 2.37. The van der Waals surface area contributed by atoms with Gasteiger partial charge in [0.1, 0.15) is 18.4 Å². The van der Waals surface area contributed by atoms with Crippen molar-refractivity contribution in [3.05, 3.63) is 29.8 Å². The Morgan fingerprint density at radius 1 is 1.50 bits per heavy atom. The molecular weight excluding hydrogens is 180 g/mol. The van der Waals surface area contributed by atoms with Crippen molar-refractivity contribution in [1.29, 1.82) is 0 Å². The lowest BCUT2D eigenvalue weighted by atomic mass is 10.1. The molecule has 0 radical (unpaired) electrons. The summed E-state index contributed by atoms with van der Waals surface area (Å²) in [5.74, 6) is 0.365. The van der Waals surface area contributed by atoms with Crippen molar-refractivity contribution in [1.82, 2.24) is 5.32 Å². The van der Waals surface area contributed by atoms with E-state index in [-0.39, 0.29) is 5.91 Å². The smallest absolute Gasteiger partial charge is 0.239 e. The van der Waals surface area contributed by atoms with Crippen LogP contribution in [0.5, 0.6) is 5.75 Å². The molecule has 1 aromatic rings. The van der Waals surface area contributed by atoms with Crippen molar-refractivity contribution >= 4 is 5.91 Å². The summed E-state index contributed by atoms with van der Waals surface area (Å²) >= 11 is 0. The third-order valence-electron chi connectivity index (χ3n) is 2.22. The maximum absolute atomic E-state index is 11.2. The number of ether oxygens (including phenoxy) is 1. The summed E-state index contributed by atoms with van der Waals surface area (Å²) in [5, 5.41) is 3.04. The molecule has 14 heavy (non-hydrogen) atoms. The second-order valence-corrected chi connectivity index (χ2v) is 3.18. The summed E-state index contributed by atoms with van der Waals surface area (Å²) in [7, 11) is 0. The zero-order valence-electron chi connectivity index (χ0n) is 7.69. The summed E-state index contributed by atoms with van der Waals surface area (Å²) in [6.45, 7) is 1.18. The van der Waals surface area contributed by atoms with Gasteiger partial charge in [0.15, 0.2) is 0 Å². The zero-order valence-corrected chi connectivity index (χ0v) is 7.69. The average Bonchev–Trinajstić information content (AvgIpc) is 2.39. The number of rotatable bonds is 1. The second-order valence-electron chi connectivity index (χ2n) is 3.18. The number of nitrogens with one attached hydrogen (secondary N) is 1. The van der Waals surface area contributed by atoms with E-state index in [1.807, 2.05) is 24.3 Å². The molecule has 0 saturated heterocycles. The molecule has 1 aliphatic rings. The highest BCUT2D eigenvalue weighted by Crippen LogP contribution is 2.26. The highest BCUT2D eigenvalue weighted by atomic mass is 16.5. The summed E-state index contributed by atoms with van der Waals surface area (Å²) in [6, 6.07) is 7.00. The van der Waals surface area contributed by atoms with Crippen LogP contribution in [-0.2, 0) is 4.79 Å². The highest BCUT2D eigenvalue weighted by molar-refractivity contribution is 5.82. The van der Waals surface area contributed by atoms with Gasteiger partial charge in [-0.15, -0.1) is 0 Å². The number of amides is 1. The second kappa shape index (κ2) is 3.67. The standard InChI is InChI=1S/C10H12N2O2/c11-10(13)9-7-3-1-2-4-8(7)14-6-5-12-9/h1-4,9,12H,5-6H2,(H2,11,13). The van der Waals surface area contributed by atoms with E-state index in [0.29, 0.717) is 13.2 Å². The molecule has 1 amide bonds. The van der Waals surface area contributed by atoms with Crippen LogP contribution in [0.2, 0.25) is 0 Å². The van der Waals surface area contributed by atoms with Crippen molar-refractivity contribution < 1.29 is 9.53 Å². The molecule has 1 aromatic carbocycles. The Morgan fingerprint density at radius 3 is 3.07 bits per heavy atom. The topological polar surface area (TPSA) is 64.4 Å². The largest absolute Gasteiger partial charge is 0.492 e. The Balaban J connectivity index is 2.42. The molecule has 1 atom stereocenters. The molecule has 4 nitrogen and oxygen atoms in total. The molecule has 4 heteroatoms. The normalized spacial score (nSPS) is 20.4. The molecule has 1 unspecified atom stereocenters. The van der Waals surface area contributed by atoms with Gasteiger partial charge >= 0.3 is 0 Å². The van der Waals surface area contributed by atoms with E-state index >= 15 is 0 Å². The van der Waals surface area contributed by atoms with Gasteiger partial charge in [-0.2, -0.15) is 0 Å². The van der Waals surface area contributed by atoms with Crippen LogP contribution < -0.4 is 15.8 Å². The van der Waals surface area contributed by atoms with Gasteiger partial charge in [0, 0.05) is 12.1 Å². The van der Waals surface area contributed by atoms with Crippen molar-refractivity contribution in [2.45, 2.75) is 6.04 Å². The summed E-state index contributed by atoms with van der Waals surface area (Å²) < 4.78 is 5.46. The van der Waals surface area contributed by atoms with Gasteiger partial charge in [-0.05, 0) is 6.07 Å². The number of hydrogen-bond donors (Lipinski definition) is 2. The molecule has 1 aliphatic heterocycles. The van der Waals surface area contributed by atoms with E-state index in [0.717, 1.165) is 11.3 Å². The minimum absolute atomic E-state index is 0.372. The van der Waals surface area contributed by atoms with E-state index in [4.69, 9.17) is 10.5 Å². The van der Waals surface area contributed by atoms with Gasteiger partial charge in [-0.3, -0.25) is 10.1 Å². The average molecular weight is 192 g/mol. The summed E-state index contributed by atoms with van der Waals surface area (Å²) in [5.41, 5.74) is 6.11. The Labute approximate surface area is 82.1 Å². The zero-order chi connectivity index (χ0) is 9.97. The SMILES string of the molecule is NC(=O)C1NCCOc2ccccc21. The van der Waals surface area contributed by atoms with Crippen LogP contribution >= 0.6 is 0 Å². The van der Waals surface area contributed by atoms with E-state index in [9.17, 15) is 4.79 Å². The summed E-state index contributed by atoms with van der Waals surface area (Å²) in [6.07, 6.45) is 0. The monoisotopic (exact) mass is 192 g/mol. The fourth-order valence-corrected chi connectivity index (χ4v) is 1.58. The van der Waals surface area contributed by atoms with Crippen molar-refractivity contribution in [2.24, 2.45) is 5.73 Å². The molecule has 0 aromatic heterocycles. The van der Waals surface area contributed by atoms with E-state index in [2.05, 4.69) is 5.32 Å². The Morgan fingerprint density at radius 2 is 2.29 bits per heavy atom. The van der Waals surface area contributed by atoms with Gasteiger partial charge < -0.3 is 10.5 Å². The number of carbonyl (C=O) groups is 1. The fraction of sp³-hybridized carbons (Fsp3) is 0.300.